The second-order valence-corrected chi connectivity index (χ2v) is 7.50. The number of halogens is 2. The fraction of sp³-hybridized carbons (Fsp3) is 0. The van der Waals surface area contributed by atoms with Crippen molar-refractivity contribution in [3.05, 3.63) is 90.9 Å². The third kappa shape index (κ3) is 4.08. The van der Waals surface area contributed by atoms with Gasteiger partial charge in [-0.25, -0.2) is 4.79 Å². The molecule has 0 amide bonds. The number of benzene rings is 2. The van der Waals surface area contributed by atoms with E-state index in [1.54, 1.807) is 30.3 Å². The summed E-state index contributed by atoms with van der Waals surface area (Å²) in [6.45, 7) is 0. The van der Waals surface area contributed by atoms with Crippen LogP contribution in [0.3, 0.4) is 0 Å². The Morgan fingerprint density at radius 3 is 2.48 bits per heavy atom. The molecule has 9 heteroatoms. The van der Waals surface area contributed by atoms with Gasteiger partial charge < -0.3 is 25.5 Å². The van der Waals surface area contributed by atoms with Gasteiger partial charge in [-0.05, 0) is 35.6 Å². The van der Waals surface area contributed by atoms with Crippen LogP contribution in [-0.2, 0) is 27.7 Å². The Kier molecular flexibility index (Phi) is 7.19. The van der Waals surface area contributed by atoms with Crippen molar-refractivity contribution in [3.63, 3.8) is 0 Å². The third-order valence-electron chi connectivity index (χ3n) is 4.17. The molecule has 29 heavy (non-hydrogen) atoms. The molecule has 143 valence electrons. The summed E-state index contributed by atoms with van der Waals surface area (Å²) in [6.07, 6.45) is 1.57. The number of carboxylic acids is 1. The molecule has 1 radical (unpaired) electrons. The van der Waals surface area contributed by atoms with Crippen molar-refractivity contribution in [2.75, 3.05) is 0 Å². The Balaban J connectivity index is 0.00000150. The van der Waals surface area contributed by atoms with Gasteiger partial charge in [0.15, 0.2) is 5.76 Å². The van der Waals surface area contributed by atoms with Gasteiger partial charge in [-0.1, -0.05) is 61.5 Å². The SMILES string of the molecule is O=C(O)c1ccccc1C1=C2C=C(Br)C([O-])=C=C2Oc2cc([O-])c(Br)cc21.[Hg+].[OH-]. The van der Waals surface area contributed by atoms with E-state index in [9.17, 15) is 20.1 Å². The van der Waals surface area contributed by atoms with E-state index in [-0.39, 0.29) is 60.4 Å². The van der Waals surface area contributed by atoms with Crippen LogP contribution in [0.1, 0.15) is 21.5 Å². The second-order valence-electron chi connectivity index (χ2n) is 5.80. The van der Waals surface area contributed by atoms with Gasteiger partial charge >= 0.3 is 33.6 Å². The summed E-state index contributed by atoms with van der Waals surface area (Å²) >= 11 is 6.42. The summed E-state index contributed by atoms with van der Waals surface area (Å²) in [5.74, 6) is -1.39. The fourth-order valence-electron chi connectivity index (χ4n) is 3.00. The summed E-state index contributed by atoms with van der Waals surface area (Å²) in [5, 5.41) is 33.6. The molecule has 0 fully saturated rings. The minimum Gasteiger partial charge on any atom is -0.872 e. The predicted molar refractivity (Wildman–Crippen MR) is 103 cm³/mol. The van der Waals surface area contributed by atoms with Gasteiger partial charge in [0.05, 0.1) is 5.56 Å². The molecule has 0 unspecified atom stereocenters. The van der Waals surface area contributed by atoms with Crippen LogP contribution in [0.5, 0.6) is 11.5 Å². The van der Waals surface area contributed by atoms with Crippen LogP contribution in [0, 0.1) is 0 Å². The molecule has 6 nitrogen and oxygen atoms in total. The number of carbonyl (C=O) groups is 1. The average Bonchev–Trinajstić information content (AvgIpc) is 2.63. The zero-order valence-electron chi connectivity index (χ0n) is 14.5. The van der Waals surface area contributed by atoms with Crippen LogP contribution in [0.2, 0.25) is 0 Å². The molecule has 2 N–H and O–H groups in total. The van der Waals surface area contributed by atoms with Crippen molar-refractivity contribution in [3.8, 4) is 11.5 Å². The number of ether oxygens (including phenoxy) is 1. The number of allylic oxidation sites excluding steroid dienone is 1. The Bertz CT molecular complexity index is 1160. The van der Waals surface area contributed by atoms with Crippen LogP contribution in [-0.4, -0.2) is 16.6 Å². The summed E-state index contributed by atoms with van der Waals surface area (Å²) in [7, 11) is 0. The summed E-state index contributed by atoms with van der Waals surface area (Å²) in [4.78, 5) is 11.8. The normalized spacial score (nSPS) is 14.1. The van der Waals surface area contributed by atoms with Crippen molar-refractivity contribution < 1.29 is 58.0 Å². The van der Waals surface area contributed by atoms with Gasteiger partial charge in [0.2, 0.25) is 0 Å². The van der Waals surface area contributed by atoms with Gasteiger partial charge in [-0.15, -0.1) is 0 Å². The van der Waals surface area contributed by atoms with E-state index >= 15 is 0 Å². The predicted octanol–water partition coefficient (Wildman–Crippen LogP) is 3.26. The monoisotopic (exact) mass is 705 g/mol. The van der Waals surface area contributed by atoms with Crippen molar-refractivity contribution in [2.24, 2.45) is 0 Å². The van der Waals surface area contributed by atoms with Crippen molar-refractivity contribution in [1.82, 2.24) is 0 Å². The van der Waals surface area contributed by atoms with E-state index < -0.39 is 11.7 Å². The Hall–Kier alpha value is -1.83. The molecule has 4 rings (SSSR count). The number of hydrogen-bond donors (Lipinski definition) is 1. The van der Waals surface area contributed by atoms with Crippen molar-refractivity contribution in [2.45, 2.75) is 0 Å². The molecule has 2 aliphatic rings. The molecular weight excluding hydrogens is 697 g/mol. The van der Waals surface area contributed by atoms with E-state index in [4.69, 9.17) is 4.74 Å². The van der Waals surface area contributed by atoms with Crippen molar-refractivity contribution >= 4 is 43.4 Å². The average molecular weight is 706 g/mol. The smallest absolute Gasteiger partial charge is 0.872 e. The van der Waals surface area contributed by atoms with E-state index in [1.807, 2.05) is 0 Å². The minimum atomic E-state index is -1.09. The van der Waals surface area contributed by atoms with Gasteiger partial charge in [-0.2, -0.15) is 0 Å². The molecule has 0 bridgehead atoms. The van der Waals surface area contributed by atoms with Gasteiger partial charge in [-0.3, -0.25) is 0 Å². The van der Waals surface area contributed by atoms with E-state index in [2.05, 4.69) is 37.6 Å². The van der Waals surface area contributed by atoms with Gasteiger partial charge in [0.1, 0.15) is 5.75 Å². The van der Waals surface area contributed by atoms with Crippen LogP contribution in [0.15, 0.2) is 74.3 Å². The molecule has 0 spiro atoms. The standard InChI is InChI=1S/C20H10Br2O5.Hg.H2O/c21-13-5-11-17(7-15(13)23)27-18-8-16(24)14(22)6-12(18)19(11)9-3-1-2-4-10(9)20(25)26;;/h1-7,23-24H,(H,25,26);;1H2/q;+1;/p-3. The summed E-state index contributed by atoms with van der Waals surface area (Å²) in [5.41, 5.74) is 4.75. The number of carboxylic acid groups (broad SMARTS) is 1. The van der Waals surface area contributed by atoms with Crippen LogP contribution >= 0.6 is 31.9 Å². The topological polar surface area (TPSA) is 123 Å². The van der Waals surface area contributed by atoms with E-state index in [0.29, 0.717) is 26.7 Å². The molecule has 1 aliphatic carbocycles. The fourth-order valence-corrected chi connectivity index (χ4v) is 3.67. The maximum Gasteiger partial charge on any atom is 1.00 e. The molecular formula is C20H9Br2HgO6-2. The molecule has 2 aromatic carbocycles. The molecule has 1 aliphatic heterocycles. The largest absolute Gasteiger partial charge is 1.00 e. The molecule has 0 saturated carbocycles. The maximum atomic E-state index is 12.0. The van der Waals surface area contributed by atoms with Gasteiger partial charge in [0.25, 0.3) is 0 Å². The Morgan fingerprint density at radius 1 is 1.10 bits per heavy atom. The second kappa shape index (κ2) is 8.89. The van der Waals surface area contributed by atoms with E-state index in [1.165, 1.54) is 12.1 Å². The zero-order valence-corrected chi connectivity index (χ0v) is 23.2. The first kappa shape index (κ1) is 23.4. The Labute approximate surface area is 202 Å². The Morgan fingerprint density at radius 2 is 1.79 bits per heavy atom. The number of aromatic carboxylic acids is 1. The van der Waals surface area contributed by atoms with Gasteiger partial charge in [0, 0.05) is 25.7 Å². The maximum absolute atomic E-state index is 12.0. The number of rotatable bonds is 2. The first-order chi connectivity index (χ1) is 12.9. The number of fused-ring (bicyclic) bond motifs is 2. The number of hydrogen-bond acceptors (Lipinski definition) is 5. The minimum absolute atomic E-state index is 0. The van der Waals surface area contributed by atoms with E-state index in [0.717, 1.165) is 0 Å². The molecule has 0 aromatic heterocycles. The van der Waals surface area contributed by atoms with Crippen molar-refractivity contribution in [1.29, 1.82) is 0 Å². The molecule has 2 aromatic rings. The van der Waals surface area contributed by atoms with Crippen LogP contribution < -0.4 is 14.9 Å². The van der Waals surface area contributed by atoms with Crippen LogP contribution in [0.4, 0.5) is 0 Å². The molecule has 0 atom stereocenters. The first-order valence-corrected chi connectivity index (χ1v) is 9.27. The third-order valence-corrected chi connectivity index (χ3v) is 5.38. The summed E-state index contributed by atoms with van der Waals surface area (Å²) < 4.78 is 6.33. The zero-order chi connectivity index (χ0) is 19.3. The quantitative estimate of drug-likeness (QED) is 0.379. The van der Waals surface area contributed by atoms with Crippen LogP contribution in [0.25, 0.3) is 5.57 Å². The first-order valence-electron chi connectivity index (χ1n) is 7.68. The molecule has 1 heterocycles. The summed E-state index contributed by atoms with van der Waals surface area (Å²) in [6, 6.07) is 9.42. The molecule has 0 saturated heterocycles.